The Labute approximate surface area is 116 Å². The molecule has 3 nitrogen and oxygen atoms in total. The van der Waals surface area contributed by atoms with E-state index in [2.05, 4.69) is 4.90 Å². The van der Waals surface area contributed by atoms with E-state index in [0.717, 1.165) is 13.1 Å². The van der Waals surface area contributed by atoms with Crippen LogP contribution in [-0.2, 0) is 4.74 Å². The number of ether oxygens (including phenoxy) is 1. The van der Waals surface area contributed by atoms with Crippen molar-refractivity contribution in [3.8, 4) is 0 Å². The number of halogens is 2. The largest absolute Gasteiger partial charge is 0.374 e. The van der Waals surface area contributed by atoms with E-state index in [4.69, 9.17) is 4.74 Å². The van der Waals surface area contributed by atoms with Gasteiger partial charge in [-0.15, -0.1) is 0 Å². The monoisotopic (exact) mass is 280 g/mol. The maximum absolute atomic E-state index is 12.7. The van der Waals surface area contributed by atoms with E-state index in [1.54, 1.807) is 4.90 Å². The molecule has 116 valence electrons. The quantitative estimate of drug-likeness (QED) is 0.773. The second kappa shape index (κ2) is 8.82. The molecule has 0 radical (unpaired) electrons. The van der Waals surface area contributed by atoms with Crippen LogP contribution in [0.5, 0.6) is 0 Å². The number of hydrogen-bond donors (Lipinski definition) is 0. The average molecular weight is 280 g/mol. The van der Waals surface area contributed by atoms with Crippen LogP contribution in [0.1, 0.15) is 34.6 Å². The van der Waals surface area contributed by atoms with Crippen molar-refractivity contribution >= 4 is 0 Å². The summed E-state index contributed by atoms with van der Waals surface area (Å²) >= 11 is 0. The molecule has 0 aromatic rings. The standard InChI is InChI=1S/C10H18F2N2O.2C2H6/c1-8(14-6-10(11,12)7-14)9-5-13(2)3-4-15-9;2*1-2/h8-9H,3-7H2,1-2H3;2*1-2H3. The van der Waals surface area contributed by atoms with Crippen LogP contribution in [0.25, 0.3) is 0 Å². The summed E-state index contributed by atoms with van der Waals surface area (Å²) in [5, 5.41) is 0. The smallest absolute Gasteiger partial charge is 0.272 e. The summed E-state index contributed by atoms with van der Waals surface area (Å²) in [6.45, 7) is 12.2. The Kier molecular flexibility index (Phi) is 8.70. The van der Waals surface area contributed by atoms with Crippen LogP contribution in [-0.4, -0.2) is 67.7 Å². The van der Waals surface area contributed by atoms with Crippen molar-refractivity contribution in [2.24, 2.45) is 0 Å². The first-order valence-electron chi connectivity index (χ1n) is 7.40. The molecule has 2 rings (SSSR count). The Morgan fingerprint density at radius 1 is 1.16 bits per heavy atom. The number of alkyl halides is 2. The van der Waals surface area contributed by atoms with Crippen LogP contribution in [0.4, 0.5) is 8.78 Å². The van der Waals surface area contributed by atoms with E-state index >= 15 is 0 Å². The molecule has 2 unspecified atom stereocenters. The first-order chi connectivity index (χ1) is 8.98. The van der Waals surface area contributed by atoms with Gasteiger partial charge in [0.25, 0.3) is 5.92 Å². The minimum Gasteiger partial charge on any atom is -0.374 e. The van der Waals surface area contributed by atoms with Gasteiger partial charge in [-0.1, -0.05) is 27.7 Å². The Balaban J connectivity index is 0.000000741. The maximum atomic E-state index is 12.7. The molecule has 0 bridgehead atoms. The van der Waals surface area contributed by atoms with Crippen LogP contribution < -0.4 is 0 Å². The van der Waals surface area contributed by atoms with E-state index in [9.17, 15) is 8.78 Å². The van der Waals surface area contributed by atoms with Gasteiger partial charge in [0.2, 0.25) is 0 Å². The van der Waals surface area contributed by atoms with Gasteiger partial charge >= 0.3 is 0 Å². The van der Waals surface area contributed by atoms with Crippen molar-refractivity contribution in [2.75, 3.05) is 39.8 Å². The molecule has 0 amide bonds. The second-order valence-electron chi connectivity index (χ2n) is 4.67. The Bertz CT molecular complexity index is 231. The maximum Gasteiger partial charge on any atom is 0.272 e. The number of nitrogens with zero attached hydrogens (tertiary/aromatic N) is 2. The van der Waals surface area contributed by atoms with Crippen molar-refractivity contribution in [3.63, 3.8) is 0 Å². The highest BCUT2D eigenvalue weighted by Gasteiger charge is 2.47. The normalized spacial score (nSPS) is 28.1. The third-order valence-corrected chi connectivity index (χ3v) is 3.28. The highest BCUT2D eigenvalue weighted by Crippen LogP contribution is 2.30. The molecule has 0 saturated carbocycles. The molecular weight excluding hydrogens is 250 g/mol. The Morgan fingerprint density at radius 3 is 2.11 bits per heavy atom. The van der Waals surface area contributed by atoms with Gasteiger partial charge in [-0.05, 0) is 14.0 Å². The van der Waals surface area contributed by atoms with E-state index in [1.807, 2.05) is 41.7 Å². The number of likely N-dealkylation sites (tertiary alicyclic amines) is 1. The SMILES string of the molecule is CC.CC.CC(C1CN(C)CCO1)N1CC(F)(F)C1. The zero-order valence-corrected chi connectivity index (χ0v) is 13.2. The lowest BCUT2D eigenvalue weighted by molar-refractivity contribution is -0.168. The molecule has 5 heteroatoms. The molecule has 0 N–H and O–H groups in total. The van der Waals surface area contributed by atoms with Crippen molar-refractivity contribution < 1.29 is 13.5 Å². The van der Waals surface area contributed by atoms with E-state index in [-0.39, 0.29) is 25.2 Å². The molecule has 19 heavy (non-hydrogen) atoms. The lowest BCUT2D eigenvalue weighted by Crippen LogP contribution is -2.63. The topological polar surface area (TPSA) is 15.7 Å². The average Bonchev–Trinajstić information content (AvgIpc) is 2.40. The van der Waals surface area contributed by atoms with Crippen LogP contribution in [0.2, 0.25) is 0 Å². The summed E-state index contributed by atoms with van der Waals surface area (Å²) in [6.07, 6.45) is 0.0693. The predicted molar refractivity (Wildman–Crippen MR) is 75.9 cm³/mol. The summed E-state index contributed by atoms with van der Waals surface area (Å²) in [4.78, 5) is 3.98. The van der Waals surface area contributed by atoms with Gasteiger partial charge < -0.3 is 9.64 Å². The first kappa shape index (κ1) is 18.7. The Hall–Kier alpha value is -0.260. The van der Waals surface area contributed by atoms with Crippen molar-refractivity contribution in [3.05, 3.63) is 0 Å². The summed E-state index contributed by atoms with van der Waals surface area (Å²) in [5.74, 6) is -2.48. The molecule has 2 atom stereocenters. The van der Waals surface area contributed by atoms with Crippen molar-refractivity contribution in [1.29, 1.82) is 0 Å². The molecule has 2 aliphatic heterocycles. The molecule has 0 spiro atoms. The minimum atomic E-state index is -2.48. The number of rotatable bonds is 2. The third-order valence-electron chi connectivity index (χ3n) is 3.28. The van der Waals surface area contributed by atoms with Gasteiger partial charge in [0.1, 0.15) is 0 Å². The summed E-state index contributed by atoms with van der Waals surface area (Å²) in [7, 11) is 2.03. The summed E-state index contributed by atoms with van der Waals surface area (Å²) in [5.41, 5.74) is 0. The molecule has 0 aliphatic carbocycles. The highest BCUT2D eigenvalue weighted by molar-refractivity contribution is 4.93. The molecule has 0 aromatic heterocycles. The highest BCUT2D eigenvalue weighted by atomic mass is 19.3. The van der Waals surface area contributed by atoms with Gasteiger partial charge in [-0.3, -0.25) is 4.90 Å². The van der Waals surface area contributed by atoms with Gasteiger partial charge in [0.05, 0.1) is 25.8 Å². The molecule has 2 aliphatic rings. The van der Waals surface area contributed by atoms with Crippen molar-refractivity contribution in [1.82, 2.24) is 9.80 Å². The molecule has 2 fully saturated rings. The zero-order chi connectivity index (χ0) is 15.1. The summed E-state index contributed by atoms with van der Waals surface area (Å²) in [6, 6.07) is 0.0902. The minimum absolute atomic E-state index is 0.0693. The second-order valence-corrected chi connectivity index (χ2v) is 4.67. The fourth-order valence-corrected chi connectivity index (χ4v) is 2.17. The third kappa shape index (κ3) is 5.71. The molecule has 2 heterocycles. The molecular formula is C14H30F2N2O. The zero-order valence-electron chi connectivity index (χ0n) is 13.2. The van der Waals surface area contributed by atoms with Gasteiger partial charge in [-0.25, -0.2) is 8.78 Å². The van der Waals surface area contributed by atoms with Gasteiger partial charge in [0, 0.05) is 19.1 Å². The predicted octanol–water partition coefficient (Wildman–Crippen LogP) is 2.71. The number of hydrogen-bond acceptors (Lipinski definition) is 3. The van der Waals surface area contributed by atoms with E-state index < -0.39 is 5.92 Å². The van der Waals surface area contributed by atoms with Crippen LogP contribution >= 0.6 is 0 Å². The number of morpholine rings is 1. The first-order valence-corrected chi connectivity index (χ1v) is 7.40. The van der Waals surface area contributed by atoms with Crippen LogP contribution in [0.15, 0.2) is 0 Å². The molecule has 0 aromatic carbocycles. The fourth-order valence-electron chi connectivity index (χ4n) is 2.17. The fraction of sp³-hybridized carbons (Fsp3) is 1.00. The van der Waals surface area contributed by atoms with Crippen LogP contribution in [0.3, 0.4) is 0 Å². The molecule has 2 saturated heterocycles. The Morgan fingerprint density at radius 2 is 1.68 bits per heavy atom. The van der Waals surface area contributed by atoms with Crippen LogP contribution in [0, 0.1) is 0 Å². The van der Waals surface area contributed by atoms with E-state index in [1.165, 1.54) is 0 Å². The van der Waals surface area contributed by atoms with E-state index in [0.29, 0.717) is 6.61 Å². The van der Waals surface area contributed by atoms with Gasteiger partial charge in [-0.2, -0.15) is 0 Å². The van der Waals surface area contributed by atoms with Gasteiger partial charge in [0.15, 0.2) is 0 Å². The summed E-state index contributed by atoms with van der Waals surface area (Å²) < 4.78 is 31.0. The lowest BCUT2D eigenvalue weighted by Gasteiger charge is -2.46. The van der Waals surface area contributed by atoms with Crippen molar-refractivity contribution in [2.45, 2.75) is 52.7 Å². The number of likely N-dealkylation sites (N-methyl/N-ethyl adjacent to an activating group) is 1. The lowest BCUT2D eigenvalue weighted by atomic mass is 10.0.